The van der Waals surface area contributed by atoms with E-state index in [9.17, 15) is 29.4 Å². The van der Waals surface area contributed by atoms with Gasteiger partial charge in [0.05, 0.1) is 12.1 Å². The number of aliphatic hydroxyl groups is 1. The SMILES string of the molecule is CC(C)C(NC(=O)C(NC(=O)C(CCCCN)NC(=O)C(N)Cc1ccccc1)C(C)O)C(=O)O. The largest absolute Gasteiger partial charge is 0.480 e. The molecule has 11 nitrogen and oxygen atoms in total. The first-order valence-corrected chi connectivity index (χ1v) is 11.8. The Bertz CT molecular complexity index is 833. The van der Waals surface area contributed by atoms with E-state index < -0.39 is 59.9 Å². The topological polar surface area (TPSA) is 197 Å². The number of carboxylic acids is 1. The molecule has 0 fully saturated rings. The third-order valence-corrected chi connectivity index (χ3v) is 5.51. The highest BCUT2D eigenvalue weighted by molar-refractivity contribution is 5.94. The van der Waals surface area contributed by atoms with Crippen LogP contribution in [0.4, 0.5) is 0 Å². The molecule has 0 aliphatic carbocycles. The molecule has 0 aliphatic heterocycles. The first-order chi connectivity index (χ1) is 16.5. The molecule has 5 atom stereocenters. The van der Waals surface area contributed by atoms with Crippen molar-refractivity contribution in [2.45, 2.75) is 76.7 Å². The molecule has 3 amide bonds. The first kappa shape index (κ1) is 30.0. The number of carbonyl (C=O) groups excluding carboxylic acids is 3. The zero-order valence-electron chi connectivity index (χ0n) is 20.6. The predicted octanol–water partition coefficient (Wildman–Crippen LogP) is -0.739. The van der Waals surface area contributed by atoms with Gasteiger partial charge in [-0.3, -0.25) is 14.4 Å². The normalized spacial score (nSPS) is 15.4. The molecule has 196 valence electrons. The molecule has 1 aromatic carbocycles. The summed E-state index contributed by atoms with van der Waals surface area (Å²) in [4.78, 5) is 49.8. The summed E-state index contributed by atoms with van der Waals surface area (Å²) in [6, 6.07) is 4.65. The van der Waals surface area contributed by atoms with Crippen molar-refractivity contribution in [1.82, 2.24) is 16.0 Å². The summed E-state index contributed by atoms with van der Waals surface area (Å²) in [6.07, 6.45) is 0.341. The minimum Gasteiger partial charge on any atom is -0.480 e. The third-order valence-electron chi connectivity index (χ3n) is 5.51. The van der Waals surface area contributed by atoms with Crippen molar-refractivity contribution in [2.24, 2.45) is 17.4 Å². The van der Waals surface area contributed by atoms with Crippen LogP contribution in [0.1, 0.15) is 45.6 Å². The van der Waals surface area contributed by atoms with Gasteiger partial charge in [0.25, 0.3) is 0 Å². The number of nitrogens with two attached hydrogens (primary N) is 2. The molecule has 0 bridgehead atoms. The zero-order valence-corrected chi connectivity index (χ0v) is 20.6. The summed E-state index contributed by atoms with van der Waals surface area (Å²) in [5, 5.41) is 26.8. The monoisotopic (exact) mass is 493 g/mol. The third kappa shape index (κ3) is 10.4. The maximum Gasteiger partial charge on any atom is 0.326 e. The van der Waals surface area contributed by atoms with Gasteiger partial charge in [-0.25, -0.2) is 4.79 Å². The van der Waals surface area contributed by atoms with E-state index in [0.717, 1.165) is 5.56 Å². The maximum absolute atomic E-state index is 13.0. The molecule has 1 rings (SSSR count). The molecule has 0 spiro atoms. The molecular weight excluding hydrogens is 454 g/mol. The Hall–Kier alpha value is -3.02. The van der Waals surface area contributed by atoms with Gasteiger partial charge < -0.3 is 37.6 Å². The van der Waals surface area contributed by atoms with Crippen LogP contribution in [0, 0.1) is 5.92 Å². The molecule has 5 unspecified atom stereocenters. The molecule has 9 N–H and O–H groups in total. The molecule has 0 radical (unpaired) electrons. The fraction of sp³-hybridized carbons (Fsp3) is 0.583. The number of carboxylic acid groups (broad SMARTS) is 1. The number of unbranched alkanes of at least 4 members (excludes halogenated alkanes) is 1. The Balaban J connectivity index is 2.93. The number of hydrogen-bond acceptors (Lipinski definition) is 7. The number of aliphatic carboxylic acids is 1. The van der Waals surface area contributed by atoms with Crippen molar-refractivity contribution < 1.29 is 29.4 Å². The van der Waals surface area contributed by atoms with Crippen LogP contribution >= 0.6 is 0 Å². The number of hydrogen-bond donors (Lipinski definition) is 7. The Kier molecular flexibility index (Phi) is 12.9. The van der Waals surface area contributed by atoms with Crippen LogP contribution in [-0.4, -0.2) is 70.7 Å². The van der Waals surface area contributed by atoms with E-state index in [1.807, 2.05) is 30.3 Å². The average Bonchev–Trinajstić information content (AvgIpc) is 2.79. The number of nitrogens with one attached hydrogen (secondary N) is 3. The van der Waals surface area contributed by atoms with Crippen LogP contribution in [0.25, 0.3) is 0 Å². The van der Waals surface area contributed by atoms with Crippen molar-refractivity contribution >= 4 is 23.7 Å². The van der Waals surface area contributed by atoms with Crippen LogP contribution in [0.5, 0.6) is 0 Å². The number of aliphatic hydroxyl groups excluding tert-OH is 1. The molecule has 11 heteroatoms. The van der Waals surface area contributed by atoms with Gasteiger partial charge in [-0.1, -0.05) is 44.2 Å². The lowest BCUT2D eigenvalue weighted by Gasteiger charge is -2.27. The second-order valence-electron chi connectivity index (χ2n) is 8.94. The van der Waals surface area contributed by atoms with Crippen molar-refractivity contribution in [1.29, 1.82) is 0 Å². The molecule has 1 aromatic rings. The Morgan fingerprint density at radius 2 is 1.49 bits per heavy atom. The van der Waals surface area contributed by atoms with E-state index >= 15 is 0 Å². The standard InChI is InChI=1S/C24H39N5O6/c1-14(2)19(24(34)35)28-23(33)20(15(3)30)29-22(32)18(11-7-8-12-25)27-21(31)17(26)13-16-9-5-4-6-10-16/h4-6,9-10,14-15,17-20,30H,7-8,11-13,25-26H2,1-3H3,(H,27,31)(H,28,33)(H,29,32)(H,34,35). The molecule has 0 aliphatic rings. The number of benzene rings is 1. The fourth-order valence-corrected chi connectivity index (χ4v) is 3.42. The lowest BCUT2D eigenvalue weighted by atomic mass is 10.0. The van der Waals surface area contributed by atoms with Crippen LogP contribution in [0.2, 0.25) is 0 Å². The Morgan fingerprint density at radius 3 is 2.00 bits per heavy atom. The van der Waals surface area contributed by atoms with Gasteiger partial charge in [0.15, 0.2) is 0 Å². The van der Waals surface area contributed by atoms with Crippen LogP contribution < -0.4 is 27.4 Å². The molecular formula is C24H39N5O6. The summed E-state index contributed by atoms with van der Waals surface area (Å²) in [5.41, 5.74) is 12.4. The smallest absolute Gasteiger partial charge is 0.326 e. The molecule has 0 heterocycles. The molecule has 0 aromatic heterocycles. The van der Waals surface area contributed by atoms with Crippen LogP contribution in [0.15, 0.2) is 30.3 Å². The summed E-state index contributed by atoms with van der Waals surface area (Å²) in [6.45, 7) is 4.95. The van der Waals surface area contributed by atoms with Gasteiger partial charge in [0.1, 0.15) is 18.1 Å². The minimum atomic E-state index is -1.42. The highest BCUT2D eigenvalue weighted by atomic mass is 16.4. The second-order valence-corrected chi connectivity index (χ2v) is 8.94. The van der Waals surface area contributed by atoms with Crippen molar-refractivity contribution in [2.75, 3.05) is 6.54 Å². The Labute approximate surface area is 206 Å². The lowest BCUT2D eigenvalue weighted by molar-refractivity contribution is -0.144. The second kappa shape index (κ2) is 15.1. The van der Waals surface area contributed by atoms with Crippen LogP contribution in [0.3, 0.4) is 0 Å². The van der Waals surface area contributed by atoms with Crippen LogP contribution in [-0.2, 0) is 25.6 Å². The van der Waals surface area contributed by atoms with Gasteiger partial charge in [0, 0.05) is 0 Å². The summed E-state index contributed by atoms with van der Waals surface area (Å²) in [5.74, 6) is -3.73. The maximum atomic E-state index is 13.0. The fourth-order valence-electron chi connectivity index (χ4n) is 3.42. The number of amides is 3. The predicted molar refractivity (Wildman–Crippen MR) is 131 cm³/mol. The summed E-state index contributed by atoms with van der Waals surface area (Å²) in [7, 11) is 0. The number of rotatable bonds is 15. The van der Waals surface area contributed by atoms with Crippen molar-refractivity contribution in [3.8, 4) is 0 Å². The lowest BCUT2D eigenvalue weighted by Crippen LogP contribution is -2.60. The average molecular weight is 494 g/mol. The van der Waals surface area contributed by atoms with Crippen molar-refractivity contribution in [3.63, 3.8) is 0 Å². The summed E-state index contributed by atoms with van der Waals surface area (Å²) < 4.78 is 0. The molecule has 0 saturated carbocycles. The highest BCUT2D eigenvalue weighted by Gasteiger charge is 2.33. The van der Waals surface area contributed by atoms with Crippen molar-refractivity contribution in [3.05, 3.63) is 35.9 Å². The van der Waals surface area contributed by atoms with Gasteiger partial charge in [0.2, 0.25) is 17.7 Å². The van der Waals surface area contributed by atoms with E-state index in [2.05, 4.69) is 16.0 Å². The summed E-state index contributed by atoms with van der Waals surface area (Å²) >= 11 is 0. The van der Waals surface area contributed by atoms with Gasteiger partial charge in [-0.15, -0.1) is 0 Å². The minimum absolute atomic E-state index is 0.241. The number of carbonyl (C=O) groups is 4. The van der Waals surface area contributed by atoms with E-state index in [1.54, 1.807) is 13.8 Å². The molecule has 35 heavy (non-hydrogen) atoms. The van der Waals surface area contributed by atoms with E-state index in [0.29, 0.717) is 19.4 Å². The quantitative estimate of drug-likeness (QED) is 0.155. The van der Waals surface area contributed by atoms with E-state index in [-0.39, 0.29) is 12.8 Å². The van der Waals surface area contributed by atoms with Gasteiger partial charge in [-0.05, 0) is 50.6 Å². The zero-order chi connectivity index (χ0) is 26.5. The first-order valence-electron chi connectivity index (χ1n) is 11.8. The Morgan fingerprint density at radius 1 is 0.886 bits per heavy atom. The highest BCUT2D eigenvalue weighted by Crippen LogP contribution is 2.07. The van der Waals surface area contributed by atoms with E-state index in [4.69, 9.17) is 11.5 Å². The van der Waals surface area contributed by atoms with Gasteiger partial charge >= 0.3 is 5.97 Å². The van der Waals surface area contributed by atoms with E-state index in [1.165, 1.54) is 6.92 Å². The van der Waals surface area contributed by atoms with Gasteiger partial charge in [-0.2, -0.15) is 0 Å². The molecule has 0 saturated heterocycles.